The second-order valence-electron chi connectivity index (χ2n) is 4.89. The number of nitrogens with one attached hydrogen (secondary N) is 1. The molecule has 0 aliphatic heterocycles. The molecule has 0 radical (unpaired) electrons. The van der Waals surface area contributed by atoms with Crippen molar-refractivity contribution >= 4 is 15.7 Å². The fourth-order valence-corrected chi connectivity index (χ4v) is 3.02. The number of para-hydroxylation sites is 2. The Morgan fingerprint density at radius 3 is 2.24 bits per heavy atom. The number of nitrogen functional groups attached to an aromatic ring is 1. The van der Waals surface area contributed by atoms with E-state index in [0.717, 1.165) is 0 Å². The summed E-state index contributed by atoms with van der Waals surface area (Å²) in [5.74, 6) is 1.06. The third-order valence-corrected chi connectivity index (χ3v) is 4.35. The van der Waals surface area contributed by atoms with Gasteiger partial charge in [-0.15, -0.1) is 0 Å². The number of sulfonamides is 1. The lowest BCUT2D eigenvalue weighted by molar-refractivity contribution is 0.484. The molecule has 0 saturated carbocycles. The molecule has 2 aromatic rings. The Balaban J connectivity index is 2.18. The van der Waals surface area contributed by atoms with Crippen LogP contribution in [0.15, 0.2) is 53.4 Å². The molecule has 6 heteroatoms. The molecular formula is C15H18N2O3S. The summed E-state index contributed by atoms with van der Waals surface area (Å²) in [6, 6.07) is 13.2. The Bertz CT molecular complexity index is 710. The lowest BCUT2D eigenvalue weighted by atomic mass is 10.3. The van der Waals surface area contributed by atoms with Gasteiger partial charge in [0.1, 0.15) is 11.5 Å². The number of ether oxygens (including phenoxy) is 1. The van der Waals surface area contributed by atoms with Crippen molar-refractivity contribution in [1.29, 1.82) is 0 Å². The Morgan fingerprint density at radius 2 is 1.67 bits per heavy atom. The summed E-state index contributed by atoms with van der Waals surface area (Å²) in [6.45, 7) is 3.54. The van der Waals surface area contributed by atoms with E-state index in [1.54, 1.807) is 38.1 Å². The summed E-state index contributed by atoms with van der Waals surface area (Å²) in [5.41, 5.74) is 6.32. The number of hydrogen-bond acceptors (Lipinski definition) is 4. The van der Waals surface area contributed by atoms with E-state index in [2.05, 4.69) is 4.72 Å². The second kappa shape index (κ2) is 6.15. The summed E-state index contributed by atoms with van der Waals surface area (Å²) in [5, 5.41) is 0. The van der Waals surface area contributed by atoms with Crippen LogP contribution in [-0.4, -0.2) is 14.5 Å². The van der Waals surface area contributed by atoms with Gasteiger partial charge < -0.3 is 10.5 Å². The average molecular weight is 306 g/mol. The van der Waals surface area contributed by atoms with Crippen molar-refractivity contribution in [3.63, 3.8) is 0 Å². The molecule has 0 aliphatic rings. The summed E-state index contributed by atoms with van der Waals surface area (Å²) >= 11 is 0. The minimum Gasteiger partial charge on any atom is -0.455 e. The van der Waals surface area contributed by atoms with E-state index < -0.39 is 10.0 Å². The van der Waals surface area contributed by atoms with Gasteiger partial charge in [0, 0.05) is 6.04 Å². The highest BCUT2D eigenvalue weighted by Crippen LogP contribution is 2.27. The summed E-state index contributed by atoms with van der Waals surface area (Å²) < 4.78 is 32.1. The molecular weight excluding hydrogens is 288 g/mol. The van der Waals surface area contributed by atoms with Gasteiger partial charge in [-0.1, -0.05) is 12.1 Å². The highest BCUT2D eigenvalue weighted by Gasteiger charge is 2.15. The minimum atomic E-state index is -3.49. The fraction of sp³-hybridized carbons (Fsp3) is 0.200. The van der Waals surface area contributed by atoms with Crippen molar-refractivity contribution in [3.8, 4) is 11.5 Å². The zero-order valence-electron chi connectivity index (χ0n) is 11.9. The van der Waals surface area contributed by atoms with Gasteiger partial charge in [0.25, 0.3) is 0 Å². The van der Waals surface area contributed by atoms with Crippen LogP contribution in [0.3, 0.4) is 0 Å². The van der Waals surface area contributed by atoms with Crippen LogP contribution in [0.2, 0.25) is 0 Å². The van der Waals surface area contributed by atoms with Gasteiger partial charge in [0.15, 0.2) is 0 Å². The van der Waals surface area contributed by atoms with Crippen LogP contribution < -0.4 is 15.2 Å². The van der Waals surface area contributed by atoms with Crippen molar-refractivity contribution in [1.82, 2.24) is 4.72 Å². The average Bonchev–Trinajstić information content (AvgIpc) is 2.40. The second-order valence-corrected chi connectivity index (χ2v) is 6.60. The molecule has 0 saturated heterocycles. The first kappa shape index (κ1) is 15.3. The molecule has 2 rings (SSSR count). The third kappa shape index (κ3) is 3.96. The fourth-order valence-electron chi connectivity index (χ4n) is 1.77. The molecule has 2 aromatic carbocycles. The molecule has 112 valence electrons. The number of benzene rings is 2. The highest BCUT2D eigenvalue weighted by molar-refractivity contribution is 7.89. The molecule has 0 spiro atoms. The first-order valence-electron chi connectivity index (χ1n) is 6.53. The van der Waals surface area contributed by atoms with Gasteiger partial charge in [0.05, 0.1) is 10.6 Å². The molecule has 0 aromatic heterocycles. The van der Waals surface area contributed by atoms with Gasteiger partial charge in [0.2, 0.25) is 10.0 Å². The monoisotopic (exact) mass is 306 g/mol. The van der Waals surface area contributed by atoms with Crippen LogP contribution in [-0.2, 0) is 10.0 Å². The van der Waals surface area contributed by atoms with Gasteiger partial charge >= 0.3 is 0 Å². The Morgan fingerprint density at radius 1 is 1.05 bits per heavy atom. The number of anilines is 1. The zero-order chi connectivity index (χ0) is 15.5. The van der Waals surface area contributed by atoms with E-state index in [1.165, 1.54) is 12.1 Å². The van der Waals surface area contributed by atoms with Crippen molar-refractivity contribution in [2.24, 2.45) is 0 Å². The lowest BCUT2D eigenvalue weighted by Crippen LogP contribution is -2.30. The van der Waals surface area contributed by atoms with Crippen LogP contribution in [0.1, 0.15) is 13.8 Å². The van der Waals surface area contributed by atoms with E-state index in [9.17, 15) is 8.42 Å². The predicted molar refractivity (Wildman–Crippen MR) is 82.8 cm³/mol. The Labute approximate surface area is 124 Å². The smallest absolute Gasteiger partial charge is 0.240 e. The molecule has 5 nitrogen and oxygen atoms in total. The maximum absolute atomic E-state index is 12.0. The number of hydrogen-bond donors (Lipinski definition) is 2. The normalized spacial score (nSPS) is 11.6. The molecule has 0 bridgehead atoms. The highest BCUT2D eigenvalue weighted by atomic mass is 32.2. The maximum atomic E-state index is 12.0. The van der Waals surface area contributed by atoms with Crippen molar-refractivity contribution in [2.45, 2.75) is 24.8 Å². The van der Waals surface area contributed by atoms with Crippen molar-refractivity contribution in [3.05, 3.63) is 48.5 Å². The molecule has 0 fully saturated rings. The standard InChI is InChI=1S/C15H18N2O3S/c1-11(2)17-21(18,19)13-9-7-12(8-10-13)20-15-6-4-3-5-14(15)16/h3-11,17H,16H2,1-2H3. The number of rotatable bonds is 5. The van der Waals surface area contributed by atoms with Crippen molar-refractivity contribution < 1.29 is 13.2 Å². The van der Waals surface area contributed by atoms with Crippen LogP contribution in [0.5, 0.6) is 11.5 Å². The molecule has 0 amide bonds. The van der Waals surface area contributed by atoms with Gasteiger partial charge in [-0.3, -0.25) is 0 Å². The van der Waals surface area contributed by atoms with E-state index in [0.29, 0.717) is 17.2 Å². The van der Waals surface area contributed by atoms with E-state index in [4.69, 9.17) is 10.5 Å². The zero-order valence-corrected chi connectivity index (χ0v) is 12.7. The molecule has 3 N–H and O–H groups in total. The minimum absolute atomic E-state index is 0.157. The van der Waals surface area contributed by atoms with Gasteiger partial charge in [-0.25, -0.2) is 13.1 Å². The van der Waals surface area contributed by atoms with Crippen LogP contribution in [0.4, 0.5) is 5.69 Å². The maximum Gasteiger partial charge on any atom is 0.240 e. The topological polar surface area (TPSA) is 81.4 Å². The van der Waals surface area contributed by atoms with Crippen LogP contribution in [0, 0.1) is 0 Å². The lowest BCUT2D eigenvalue weighted by Gasteiger charge is -2.11. The van der Waals surface area contributed by atoms with E-state index in [1.807, 2.05) is 12.1 Å². The number of nitrogens with two attached hydrogens (primary N) is 1. The summed E-state index contributed by atoms with van der Waals surface area (Å²) in [7, 11) is -3.49. The largest absolute Gasteiger partial charge is 0.455 e. The van der Waals surface area contributed by atoms with Crippen molar-refractivity contribution in [2.75, 3.05) is 5.73 Å². The predicted octanol–water partition coefficient (Wildman–Crippen LogP) is 2.75. The molecule has 0 aliphatic carbocycles. The van der Waals surface area contributed by atoms with E-state index in [-0.39, 0.29) is 10.9 Å². The molecule has 0 atom stereocenters. The van der Waals surface area contributed by atoms with Gasteiger partial charge in [-0.05, 0) is 50.2 Å². The SMILES string of the molecule is CC(C)NS(=O)(=O)c1ccc(Oc2ccccc2N)cc1. The van der Waals surface area contributed by atoms with E-state index >= 15 is 0 Å². The summed E-state index contributed by atoms with van der Waals surface area (Å²) in [6.07, 6.45) is 0. The van der Waals surface area contributed by atoms with Crippen LogP contribution >= 0.6 is 0 Å². The summed E-state index contributed by atoms with van der Waals surface area (Å²) in [4.78, 5) is 0.199. The Kier molecular flexibility index (Phi) is 4.50. The third-order valence-electron chi connectivity index (χ3n) is 2.67. The molecule has 0 heterocycles. The Hall–Kier alpha value is -2.05. The first-order chi connectivity index (χ1) is 9.88. The van der Waals surface area contributed by atoms with Crippen LogP contribution in [0.25, 0.3) is 0 Å². The first-order valence-corrected chi connectivity index (χ1v) is 8.01. The molecule has 0 unspecified atom stereocenters. The van der Waals surface area contributed by atoms with Gasteiger partial charge in [-0.2, -0.15) is 0 Å². The quantitative estimate of drug-likeness (QED) is 0.832. The molecule has 21 heavy (non-hydrogen) atoms.